The van der Waals surface area contributed by atoms with Gasteiger partial charge >= 0.3 is 0 Å². The van der Waals surface area contributed by atoms with E-state index in [0.29, 0.717) is 29.6 Å². The van der Waals surface area contributed by atoms with Crippen molar-refractivity contribution in [1.29, 1.82) is 0 Å². The molecule has 3 aromatic heterocycles. The number of hydrogen-bond donors (Lipinski definition) is 1. The fraction of sp³-hybridized carbons (Fsp3) is 0.545. The van der Waals surface area contributed by atoms with Crippen LogP contribution in [-0.2, 0) is 4.74 Å². The van der Waals surface area contributed by atoms with Crippen LogP contribution in [0.15, 0.2) is 24.5 Å². The standard InChI is InChI=1S/C22H32N6O2Si/c1-6-16-14(2)13-17(30-16)28-19(15-7-9-24-10-8-15)25-18-20(28)26-22(23)27-21(18)29-11-12-31(3,4)5/h7-10,14,16-17H,6,11-13H2,1-5H3,(H2,23,26,27). The molecular weight excluding hydrogens is 408 g/mol. The Kier molecular flexibility index (Phi) is 5.98. The van der Waals surface area contributed by atoms with Gasteiger partial charge in [-0.25, -0.2) is 4.98 Å². The second-order valence-corrected chi connectivity index (χ2v) is 15.1. The Morgan fingerprint density at radius 1 is 1.19 bits per heavy atom. The Hall–Kier alpha value is -2.52. The molecule has 1 saturated heterocycles. The average Bonchev–Trinajstić information content (AvgIpc) is 3.27. The van der Waals surface area contributed by atoms with Crippen molar-refractivity contribution in [3.05, 3.63) is 24.5 Å². The highest BCUT2D eigenvalue weighted by Gasteiger charge is 2.35. The minimum Gasteiger partial charge on any atom is -0.476 e. The molecule has 166 valence electrons. The van der Waals surface area contributed by atoms with Crippen molar-refractivity contribution in [2.45, 2.75) is 64.7 Å². The van der Waals surface area contributed by atoms with Crippen molar-refractivity contribution in [2.75, 3.05) is 12.3 Å². The number of nitrogen functional groups attached to an aromatic ring is 1. The summed E-state index contributed by atoms with van der Waals surface area (Å²) in [6.45, 7) is 11.9. The maximum atomic E-state index is 6.41. The molecule has 4 rings (SSSR count). The van der Waals surface area contributed by atoms with Gasteiger partial charge in [0.05, 0.1) is 12.7 Å². The van der Waals surface area contributed by atoms with E-state index < -0.39 is 8.07 Å². The molecule has 0 aliphatic carbocycles. The number of nitrogens with zero attached hydrogens (tertiary/aromatic N) is 5. The van der Waals surface area contributed by atoms with Gasteiger partial charge in [0.1, 0.15) is 12.1 Å². The molecule has 3 atom stereocenters. The van der Waals surface area contributed by atoms with Gasteiger partial charge in [0, 0.05) is 26.0 Å². The third-order valence-electron chi connectivity index (χ3n) is 5.78. The number of pyridine rings is 1. The third-order valence-corrected chi connectivity index (χ3v) is 7.49. The van der Waals surface area contributed by atoms with Crippen LogP contribution in [0, 0.1) is 5.92 Å². The van der Waals surface area contributed by atoms with Gasteiger partial charge in [0.25, 0.3) is 0 Å². The smallest absolute Gasteiger partial charge is 0.247 e. The number of rotatable bonds is 7. The van der Waals surface area contributed by atoms with Crippen molar-refractivity contribution in [3.63, 3.8) is 0 Å². The average molecular weight is 441 g/mol. The first-order chi connectivity index (χ1) is 14.8. The maximum Gasteiger partial charge on any atom is 0.247 e. The predicted molar refractivity (Wildman–Crippen MR) is 125 cm³/mol. The Morgan fingerprint density at radius 3 is 2.58 bits per heavy atom. The highest BCUT2D eigenvalue weighted by Crippen LogP contribution is 2.40. The van der Waals surface area contributed by atoms with Crippen LogP contribution in [0.2, 0.25) is 25.7 Å². The van der Waals surface area contributed by atoms with E-state index in [1.165, 1.54) is 0 Å². The van der Waals surface area contributed by atoms with Crippen LogP contribution >= 0.6 is 0 Å². The Bertz CT molecular complexity index is 1050. The topological polar surface area (TPSA) is 101 Å². The van der Waals surface area contributed by atoms with Crippen LogP contribution < -0.4 is 10.5 Å². The normalized spacial score (nSPS) is 21.6. The predicted octanol–water partition coefficient (Wildman–Crippen LogP) is 4.52. The summed E-state index contributed by atoms with van der Waals surface area (Å²) in [4.78, 5) is 18.0. The van der Waals surface area contributed by atoms with E-state index in [-0.39, 0.29) is 18.3 Å². The molecular formula is C22H32N6O2Si. The number of imidazole rings is 1. The Labute approximate surface area is 184 Å². The zero-order chi connectivity index (χ0) is 22.2. The van der Waals surface area contributed by atoms with Gasteiger partial charge in [-0.2, -0.15) is 9.97 Å². The van der Waals surface area contributed by atoms with Crippen LogP contribution in [0.1, 0.15) is 32.9 Å². The van der Waals surface area contributed by atoms with Crippen LogP contribution in [-0.4, -0.2) is 45.3 Å². The van der Waals surface area contributed by atoms with E-state index in [1.807, 2.05) is 12.1 Å². The molecule has 0 aromatic carbocycles. The number of anilines is 1. The summed E-state index contributed by atoms with van der Waals surface area (Å²) in [5, 5.41) is 0. The zero-order valence-electron chi connectivity index (χ0n) is 19.0. The van der Waals surface area contributed by atoms with Gasteiger partial charge in [0.15, 0.2) is 11.2 Å². The maximum absolute atomic E-state index is 6.41. The summed E-state index contributed by atoms with van der Waals surface area (Å²) in [6, 6.07) is 4.91. The van der Waals surface area contributed by atoms with Gasteiger partial charge in [-0.3, -0.25) is 9.55 Å². The summed E-state index contributed by atoms with van der Waals surface area (Å²) in [6.07, 6.45) is 5.42. The molecule has 0 amide bonds. The number of ether oxygens (including phenoxy) is 2. The summed E-state index contributed by atoms with van der Waals surface area (Å²) >= 11 is 0. The first kappa shape index (κ1) is 21.7. The monoisotopic (exact) mass is 440 g/mol. The molecule has 1 aliphatic heterocycles. The number of hydrogen-bond acceptors (Lipinski definition) is 7. The van der Waals surface area contributed by atoms with Gasteiger partial charge in [-0.05, 0) is 36.9 Å². The lowest BCUT2D eigenvalue weighted by molar-refractivity contribution is -0.00212. The van der Waals surface area contributed by atoms with Crippen LogP contribution in [0.25, 0.3) is 22.6 Å². The molecule has 0 saturated carbocycles. The van der Waals surface area contributed by atoms with Crippen molar-refractivity contribution >= 4 is 25.2 Å². The van der Waals surface area contributed by atoms with E-state index in [4.69, 9.17) is 20.2 Å². The molecule has 9 heteroatoms. The second-order valence-electron chi connectivity index (χ2n) is 9.51. The van der Waals surface area contributed by atoms with Crippen LogP contribution in [0.3, 0.4) is 0 Å². The first-order valence-corrected chi connectivity index (χ1v) is 14.7. The summed E-state index contributed by atoms with van der Waals surface area (Å²) in [5.74, 6) is 1.83. The molecule has 8 nitrogen and oxygen atoms in total. The minimum atomic E-state index is -1.24. The molecule has 0 bridgehead atoms. The summed E-state index contributed by atoms with van der Waals surface area (Å²) in [5.41, 5.74) is 8.30. The van der Waals surface area contributed by atoms with Gasteiger partial charge < -0.3 is 15.2 Å². The van der Waals surface area contributed by atoms with Gasteiger partial charge in [0.2, 0.25) is 11.8 Å². The lowest BCUT2D eigenvalue weighted by atomic mass is 10.0. The number of nitrogens with two attached hydrogens (primary N) is 1. The van der Waals surface area contributed by atoms with Gasteiger partial charge in [-0.15, -0.1) is 0 Å². The van der Waals surface area contributed by atoms with E-state index in [9.17, 15) is 0 Å². The van der Waals surface area contributed by atoms with Crippen LogP contribution in [0.4, 0.5) is 5.95 Å². The van der Waals surface area contributed by atoms with E-state index in [0.717, 1.165) is 30.3 Å². The van der Waals surface area contributed by atoms with E-state index >= 15 is 0 Å². The molecule has 2 N–H and O–H groups in total. The lowest BCUT2D eigenvalue weighted by Gasteiger charge is -2.18. The van der Waals surface area contributed by atoms with Crippen molar-refractivity contribution in [3.8, 4) is 17.3 Å². The fourth-order valence-corrected chi connectivity index (χ4v) is 4.74. The first-order valence-electron chi connectivity index (χ1n) is 11.0. The van der Waals surface area contributed by atoms with Gasteiger partial charge in [-0.1, -0.05) is 33.5 Å². The van der Waals surface area contributed by atoms with Crippen molar-refractivity contribution < 1.29 is 9.47 Å². The fourth-order valence-electron chi connectivity index (χ4n) is 4.02. The molecule has 3 unspecified atom stereocenters. The van der Waals surface area contributed by atoms with E-state index in [2.05, 4.69) is 53.0 Å². The quantitative estimate of drug-likeness (QED) is 0.539. The van der Waals surface area contributed by atoms with Crippen molar-refractivity contribution in [1.82, 2.24) is 24.5 Å². The van der Waals surface area contributed by atoms with Crippen molar-refractivity contribution in [2.24, 2.45) is 5.92 Å². The molecule has 4 heterocycles. The third kappa shape index (κ3) is 4.57. The number of fused-ring (bicyclic) bond motifs is 1. The van der Waals surface area contributed by atoms with E-state index in [1.54, 1.807) is 12.4 Å². The van der Waals surface area contributed by atoms with Crippen LogP contribution in [0.5, 0.6) is 5.88 Å². The SMILES string of the molecule is CCC1OC(n2c(-c3ccncc3)nc3c(OCC[Si](C)(C)C)nc(N)nc32)CC1C. The zero-order valence-corrected chi connectivity index (χ0v) is 20.0. The molecule has 0 radical (unpaired) electrons. The molecule has 3 aromatic rings. The molecule has 1 aliphatic rings. The molecule has 0 spiro atoms. The number of aromatic nitrogens is 5. The Balaban J connectivity index is 1.82. The summed E-state index contributed by atoms with van der Waals surface area (Å²) in [7, 11) is -1.24. The second kappa shape index (κ2) is 8.55. The minimum absolute atomic E-state index is 0.169. The Morgan fingerprint density at radius 2 is 1.94 bits per heavy atom. The highest BCUT2D eigenvalue weighted by atomic mass is 28.3. The highest BCUT2D eigenvalue weighted by molar-refractivity contribution is 6.76. The summed E-state index contributed by atoms with van der Waals surface area (Å²) < 4.78 is 14.6. The largest absolute Gasteiger partial charge is 0.476 e. The molecule has 1 fully saturated rings. The lowest BCUT2D eigenvalue weighted by Crippen LogP contribution is -2.22. The molecule has 31 heavy (non-hydrogen) atoms.